The molecule has 0 bridgehead atoms. The van der Waals surface area contributed by atoms with Crippen LogP contribution in [0.4, 0.5) is 4.39 Å². The Morgan fingerprint density at radius 1 is 1.03 bits per heavy atom. The molecule has 4 rings (SSSR count). The topological polar surface area (TPSA) is 126 Å². The molecule has 178 valence electrons. The Morgan fingerprint density at radius 3 is 2.31 bits per heavy atom. The van der Waals surface area contributed by atoms with Crippen molar-refractivity contribution >= 4 is 23.6 Å². The summed E-state index contributed by atoms with van der Waals surface area (Å²) >= 11 is 0. The SMILES string of the molecule is Cc1cc(C(=O)NCc2ccc(C(=N)N)cc2OCCN2C(=O)c3ccccc3C2=O)ccc1F. The fourth-order valence-electron chi connectivity index (χ4n) is 3.76. The molecule has 0 aromatic heterocycles. The summed E-state index contributed by atoms with van der Waals surface area (Å²) in [4.78, 5) is 38.8. The van der Waals surface area contributed by atoms with Gasteiger partial charge in [-0.25, -0.2) is 4.39 Å². The van der Waals surface area contributed by atoms with E-state index in [-0.39, 0.29) is 43.3 Å². The zero-order valence-electron chi connectivity index (χ0n) is 18.9. The maximum atomic E-state index is 13.5. The Labute approximate surface area is 201 Å². The highest BCUT2D eigenvalue weighted by Gasteiger charge is 2.34. The number of aryl methyl sites for hydroxylation is 1. The average Bonchev–Trinajstić information content (AvgIpc) is 3.09. The summed E-state index contributed by atoms with van der Waals surface area (Å²) in [6.07, 6.45) is 0. The number of nitrogen functional groups attached to an aromatic ring is 1. The first-order valence-electron chi connectivity index (χ1n) is 10.9. The molecule has 1 heterocycles. The van der Waals surface area contributed by atoms with E-state index in [0.717, 1.165) is 4.90 Å². The molecule has 0 atom stereocenters. The standard InChI is InChI=1S/C26H23FN4O4/c1-15-12-17(8-9-21(15)27)24(32)30-14-18-7-6-16(23(28)29)13-22(18)35-11-10-31-25(33)19-4-2-3-5-20(19)26(31)34/h2-9,12-13H,10-11,14H2,1H3,(H3,28,29)(H,30,32). The molecule has 0 unspecified atom stereocenters. The van der Waals surface area contributed by atoms with Gasteiger partial charge in [-0.1, -0.05) is 24.3 Å². The Balaban J connectivity index is 1.45. The molecule has 9 heteroatoms. The van der Waals surface area contributed by atoms with E-state index in [9.17, 15) is 18.8 Å². The van der Waals surface area contributed by atoms with Gasteiger partial charge in [0.15, 0.2) is 0 Å². The number of nitrogens with zero attached hydrogens (tertiary/aromatic N) is 1. The van der Waals surface area contributed by atoms with E-state index < -0.39 is 5.82 Å². The molecule has 0 spiro atoms. The van der Waals surface area contributed by atoms with Crippen LogP contribution in [0.2, 0.25) is 0 Å². The minimum Gasteiger partial charge on any atom is -0.491 e. The minimum atomic E-state index is -0.393. The molecular weight excluding hydrogens is 451 g/mol. The fourth-order valence-corrected chi connectivity index (χ4v) is 3.76. The number of hydrogen-bond acceptors (Lipinski definition) is 5. The molecular formula is C26H23FN4O4. The lowest BCUT2D eigenvalue weighted by molar-refractivity contribution is 0.0630. The van der Waals surface area contributed by atoms with E-state index in [1.165, 1.54) is 18.2 Å². The molecule has 4 N–H and O–H groups in total. The maximum absolute atomic E-state index is 13.5. The lowest BCUT2D eigenvalue weighted by Gasteiger charge is -2.17. The van der Waals surface area contributed by atoms with Crippen LogP contribution in [0.3, 0.4) is 0 Å². The zero-order valence-corrected chi connectivity index (χ0v) is 18.9. The van der Waals surface area contributed by atoms with Gasteiger partial charge in [-0.05, 0) is 48.9 Å². The summed E-state index contributed by atoms with van der Waals surface area (Å²) in [6.45, 7) is 1.70. The molecule has 3 aromatic rings. The van der Waals surface area contributed by atoms with Crippen LogP contribution >= 0.6 is 0 Å². The summed E-state index contributed by atoms with van der Waals surface area (Å²) in [5, 5.41) is 10.5. The van der Waals surface area contributed by atoms with Crippen LogP contribution in [0.25, 0.3) is 0 Å². The van der Waals surface area contributed by atoms with Crippen LogP contribution in [0.1, 0.15) is 47.8 Å². The average molecular weight is 474 g/mol. The number of amidine groups is 1. The van der Waals surface area contributed by atoms with Gasteiger partial charge < -0.3 is 15.8 Å². The van der Waals surface area contributed by atoms with Crippen molar-refractivity contribution in [2.75, 3.05) is 13.2 Å². The summed E-state index contributed by atoms with van der Waals surface area (Å²) in [5.74, 6) is -1.35. The van der Waals surface area contributed by atoms with Crippen LogP contribution in [0, 0.1) is 18.2 Å². The molecule has 3 amide bonds. The molecule has 0 saturated carbocycles. The van der Waals surface area contributed by atoms with E-state index in [2.05, 4.69) is 5.32 Å². The monoisotopic (exact) mass is 474 g/mol. The van der Waals surface area contributed by atoms with Gasteiger partial charge in [0.1, 0.15) is 24.0 Å². The normalized spacial score (nSPS) is 12.5. The highest BCUT2D eigenvalue weighted by atomic mass is 19.1. The van der Waals surface area contributed by atoms with Gasteiger partial charge in [-0.3, -0.25) is 24.7 Å². The van der Waals surface area contributed by atoms with E-state index >= 15 is 0 Å². The first-order chi connectivity index (χ1) is 16.8. The number of benzene rings is 3. The first-order valence-corrected chi connectivity index (χ1v) is 10.9. The first kappa shape index (κ1) is 23.6. The van der Waals surface area contributed by atoms with Gasteiger partial charge in [0.05, 0.1) is 17.7 Å². The molecule has 0 aliphatic carbocycles. The summed E-state index contributed by atoms with van der Waals surface area (Å²) in [6, 6.07) is 15.6. The number of nitrogens with one attached hydrogen (secondary N) is 2. The summed E-state index contributed by atoms with van der Waals surface area (Å²) in [5.41, 5.74) is 8.02. The number of carbonyl (C=O) groups is 3. The van der Waals surface area contributed by atoms with Crippen molar-refractivity contribution in [3.8, 4) is 5.75 Å². The largest absolute Gasteiger partial charge is 0.491 e. The van der Waals surface area contributed by atoms with Crippen molar-refractivity contribution in [1.82, 2.24) is 10.2 Å². The molecule has 35 heavy (non-hydrogen) atoms. The quantitative estimate of drug-likeness (QED) is 0.263. The van der Waals surface area contributed by atoms with Gasteiger partial charge >= 0.3 is 0 Å². The Kier molecular flexibility index (Phi) is 6.59. The molecule has 0 saturated heterocycles. The molecule has 0 fully saturated rings. The smallest absolute Gasteiger partial charge is 0.261 e. The lowest BCUT2D eigenvalue weighted by Crippen LogP contribution is -2.33. The van der Waals surface area contributed by atoms with Gasteiger partial charge in [-0.15, -0.1) is 0 Å². The van der Waals surface area contributed by atoms with Crippen LogP contribution in [-0.4, -0.2) is 41.6 Å². The predicted molar refractivity (Wildman–Crippen MR) is 127 cm³/mol. The van der Waals surface area contributed by atoms with Gasteiger partial charge in [-0.2, -0.15) is 0 Å². The zero-order chi connectivity index (χ0) is 25.1. The van der Waals surface area contributed by atoms with Crippen molar-refractivity contribution in [1.29, 1.82) is 5.41 Å². The molecule has 1 aliphatic heterocycles. The number of halogens is 1. The van der Waals surface area contributed by atoms with E-state index in [4.69, 9.17) is 15.9 Å². The molecule has 8 nitrogen and oxygen atoms in total. The summed E-state index contributed by atoms with van der Waals surface area (Å²) in [7, 11) is 0. The third-order valence-electron chi connectivity index (χ3n) is 5.69. The third kappa shape index (κ3) is 4.89. The lowest BCUT2D eigenvalue weighted by atomic mass is 10.1. The Hall–Kier alpha value is -4.53. The Morgan fingerprint density at radius 2 is 1.69 bits per heavy atom. The van der Waals surface area contributed by atoms with Crippen LogP contribution in [0.5, 0.6) is 5.75 Å². The number of fused-ring (bicyclic) bond motifs is 1. The second-order valence-electron chi connectivity index (χ2n) is 8.04. The number of imide groups is 1. The highest BCUT2D eigenvalue weighted by Crippen LogP contribution is 2.24. The van der Waals surface area contributed by atoms with E-state index in [1.54, 1.807) is 49.4 Å². The van der Waals surface area contributed by atoms with Crippen molar-refractivity contribution in [3.63, 3.8) is 0 Å². The maximum Gasteiger partial charge on any atom is 0.261 e. The Bertz CT molecular complexity index is 1320. The number of nitrogens with two attached hydrogens (primary N) is 1. The molecule has 3 aromatic carbocycles. The van der Waals surface area contributed by atoms with Crippen LogP contribution in [0.15, 0.2) is 60.7 Å². The number of rotatable bonds is 8. The number of ether oxygens (including phenoxy) is 1. The second-order valence-corrected chi connectivity index (χ2v) is 8.04. The predicted octanol–water partition coefficient (Wildman–Crippen LogP) is 3.02. The van der Waals surface area contributed by atoms with Crippen molar-refractivity contribution in [2.24, 2.45) is 5.73 Å². The highest BCUT2D eigenvalue weighted by molar-refractivity contribution is 6.21. The van der Waals surface area contributed by atoms with E-state index in [0.29, 0.717) is 39.1 Å². The van der Waals surface area contributed by atoms with Gasteiger partial charge in [0.25, 0.3) is 17.7 Å². The number of amides is 3. The van der Waals surface area contributed by atoms with Crippen molar-refractivity contribution < 1.29 is 23.5 Å². The molecule has 1 aliphatic rings. The number of hydrogen-bond donors (Lipinski definition) is 3. The van der Waals surface area contributed by atoms with Crippen LogP contribution < -0.4 is 15.8 Å². The summed E-state index contributed by atoms with van der Waals surface area (Å²) < 4.78 is 19.4. The number of carbonyl (C=O) groups excluding carboxylic acids is 3. The fraction of sp³-hybridized carbons (Fsp3) is 0.154. The second kappa shape index (κ2) is 9.76. The van der Waals surface area contributed by atoms with Gasteiger partial charge in [0, 0.05) is 23.2 Å². The van der Waals surface area contributed by atoms with Crippen molar-refractivity contribution in [2.45, 2.75) is 13.5 Å². The van der Waals surface area contributed by atoms with E-state index in [1.807, 2.05) is 0 Å². The van der Waals surface area contributed by atoms with Crippen molar-refractivity contribution in [3.05, 3.63) is 99.9 Å². The van der Waals surface area contributed by atoms with Crippen LogP contribution in [-0.2, 0) is 6.54 Å². The molecule has 0 radical (unpaired) electrons. The third-order valence-corrected chi connectivity index (χ3v) is 5.69. The van der Waals surface area contributed by atoms with Gasteiger partial charge in [0.2, 0.25) is 0 Å². The minimum absolute atomic E-state index is 0.00489.